The van der Waals surface area contributed by atoms with Crippen molar-refractivity contribution in [3.05, 3.63) is 78.7 Å². The molecule has 0 fully saturated rings. The van der Waals surface area contributed by atoms with Crippen LogP contribution < -0.4 is 14.8 Å². The van der Waals surface area contributed by atoms with E-state index in [1.165, 1.54) is 11.1 Å². The highest BCUT2D eigenvalue weighted by Gasteiger charge is 2.40. The number of halogens is 1. The Balaban J connectivity index is 1.56. The van der Waals surface area contributed by atoms with Crippen molar-refractivity contribution in [1.82, 2.24) is 5.32 Å². The third-order valence-corrected chi connectivity index (χ3v) is 8.21. The van der Waals surface area contributed by atoms with Crippen LogP contribution in [0.1, 0.15) is 73.6 Å². The quantitative estimate of drug-likeness (QED) is 0.381. The van der Waals surface area contributed by atoms with E-state index in [0.29, 0.717) is 37.6 Å². The van der Waals surface area contributed by atoms with Crippen LogP contribution in [0.3, 0.4) is 0 Å². The second-order valence-corrected chi connectivity index (χ2v) is 11.0. The second kappa shape index (κ2) is 10.4. The van der Waals surface area contributed by atoms with Gasteiger partial charge in [-0.1, -0.05) is 18.2 Å². The van der Waals surface area contributed by atoms with Gasteiger partial charge in [-0.15, -0.1) is 0 Å². The first-order chi connectivity index (χ1) is 17.4. The zero-order valence-corrected chi connectivity index (χ0v) is 23.3. The van der Waals surface area contributed by atoms with Crippen molar-refractivity contribution in [2.75, 3.05) is 6.61 Å². The van der Waals surface area contributed by atoms with Crippen LogP contribution in [0.5, 0.6) is 11.5 Å². The van der Waals surface area contributed by atoms with Crippen LogP contribution in [-0.2, 0) is 16.2 Å². The first-order valence-corrected chi connectivity index (χ1v) is 13.9. The van der Waals surface area contributed by atoms with Gasteiger partial charge in [-0.05, 0) is 103 Å². The van der Waals surface area contributed by atoms with Crippen molar-refractivity contribution in [2.45, 2.75) is 71.8 Å². The molecule has 2 aromatic carbocycles. The number of hydrogen-bond donors (Lipinski definition) is 1. The minimum atomic E-state index is -0.349. The topological polar surface area (TPSA) is 64.6 Å². The first kappa shape index (κ1) is 25.1. The highest BCUT2D eigenvalue weighted by molar-refractivity contribution is 14.1. The van der Waals surface area contributed by atoms with Crippen LogP contribution in [0.25, 0.3) is 0 Å². The molecule has 0 saturated carbocycles. The molecule has 1 N–H and O–H groups in total. The molecular formula is C30H32INO4. The fourth-order valence-corrected chi connectivity index (χ4v) is 6.30. The lowest BCUT2D eigenvalue weighted by atomic mass is 9.71. The molecule has 0 spiro atoms. The minimum Gasteiger partial charge on any atom is -0.490 e. The van der Waals surface area contributed by atoms with Gasteiger partial charge >= 0.3 is 0 Å². The van der Waals surface area contributed by atoms with Gasteiger partial charge < -0.3 is 14.8 Å². The Hall–Kier alpha value is -2.61. The van der Waals surface area contributed by atoms with Crippen LogP contribution in [0.15, 0.2) is 52.9 Å². The molecule has 0 amide bonds. The Kier molecular flexibility index (Phi) is 7.24. The zero-order valence-electron chi connectivity index (χ0n) is 21.1. The molecule has 0 unspecified atom stereocenters. The molecule has 0 atom stereocenters. The number of rotatable bonds is 6. The summed E-state index contributed by atoms with van der Waals surface area (Å²) in [6.45, 7) is 7.09. The van der Waals surface area contributed by atoms with E-state index < -0.39 is 0 Å². The predicted octanol–water partition coefficient (Wildman–Crippen LogP) is 6.59. The molecule has 1 aliphatic heterocycles. The van der Waals surface area contributed by atoms with Crippen LogP contribution in [-0.4, -0.2) is 18.2 Å². The molecule has 36 heavy (non-hydrogen) atoms. The van der Waals surface area contributed by atoms with Gasteiger partial charge in [-0.25, -0.2) is 0 Å². The summed E-state index contributed by atoms with van der Waals surface area (Å²) in [7, 11) is 0. The molecular weight excluding hydrogens is 565 g/mol. The smallest absolute Gasteiger partial charge is 0.174 e. The zero-order chi connectivity index (χ0) is 25.4. The Bertz CT molecular complexity index is 1260. The van der Waals surface area contributed by atoms with Crippen molar-refractivity contribution >= 4 is 34.2 Å². The number of ether oxygens (including phenoxy) is 2. The summed E-state index contributed by atoms with van der Waals surface area (Å²) >= 11 is 2.29. The number of hydrogen-bond acceptors (Lipinski definition) is 5. The lowest BCUT2D eigenvalue weighted by Crippen LogP contribution is -2.36. The maximum atomic E-state index is 13.2. The van der Waals surface area contributed by atoms with Gasteiger partial charge in [0.25, 0.3) is 0 Å². The largest absolute Gasteiger partial charge is 0.490 e. The van der Waals surface area contributed by atoms with Crippen molar-refractivity contribution in [3.8, 4) is 11.5 Å². The summed E-state index contributed by atoms with van der Waals surface area (Å²) in [4.78, 5) is 26.4. The van der Waals surface area contributed by atoms with E-state index >= 15 is 0 Å². The number of allylic oxidation sites excluding steroid dienone is 4. The van der Waals surface area contributed by atoms with Crippen molar-refractivity contribution in [1.29, 1.82) is 0 Å². The van der Waals surface area contributed by atoms with Crippen LogP contribution >= 0.6 is 22.6 Å². The second-order valence-electron chi connectivity index (χ2n) is 9.87. The van der Waals surface area contributed by atoms with Gasteiger partial charge in [0.1, 0.15) is 6.61 Å². The van der Waals surface area contributed by atoms with Gasteiger partial charge in [0.2, 0.25) is 0 Å². The van der Waals surface area contributed by atoms with Crippen molar-refractivity contribution in [3.63, 3.8) is 0 Å². The number of carbonyl (C=O) groups excluding carboxylic acids is 2. The Morgan fingerprint density at radius 1 is 0.889 bits per heavy atom. The molecule has 188 valence electrons. The third kappa shape index (κ3) is 4.72. The molecule has 0 aromatic heterocycles. The number of aryl methyl sites for hydroxylation is 2. The highest BCUT2D eigenvalue weighted by atomic mass is 127. The van der Waals surface area contributed by atoms with Gasteiger partial charge in [-0.3, -0.25) is 9.59 Å². The minimum absolute atomic E-state index is 0.140. The number of nitrogens with one attached hydrogen (secondary N) is 1. The molecule has 3 aliphatic rings. The number of Topliss-reactive ketones (excluding diaryl/α,β-unsaturated/α-hetero) is 2. The number of carbonyl (C=O) groups is 2. The standard InChI is InChI=1S/C30H32INO4/c1-4-35-26-15-20(14-21(31)30(26)36-16-19-12-11-17(2)18(3)13-19)27-28-22(7-5-9-24(28)33)32-23-8-6-10-25(34)29(23)27/h11-15,27,32H,4-10,16H2,1-3H3. The molecule has 5 rings (SSSR count). The van der Waals surface area contributed by atoms with Gasteiger partial charge in [0, 0.05) is 41.3 Å². The summed E-state index contributed by atoms with van der Waals surface area (Å²) in [6, 6.07) is 10.4. The molecule has 1 heterocycles. The molecule has 0 radical (unpaired) electrons. The monoisotopic (exact) mass is 597 g/mol. The van der Waals surface area contributed by atoms with Crippen molar-refractivity contribution < 1.29 is 19.1 Å². The highest BCUT2D eigenvalue weighted by Crippen LogP contribution is 2.47. The molecule has 2 aliphatic carbocycles. The fourth-order valence-electron chi connectivity index (χ4n) is 5.52. The Morgan fingerprint density at radius 3 is 2.17 bits per heavy atom. The summed E-state index contributed by atoms with van der Waals surface area (Å²) in [5.41, 5.74) is 8.03. The SMILES string of the molecule is CCOc1cc(C2C3=C(CCCC3=O)NC3=C2C(=O)CCC3)cc(I)c1OCc1ccc(C)c(C)c1. The lowest BCUT2D eigenvalue weighted by Gasteiger charge is -2.37. The molecule has 0 bridgehead atoms. The Labute approximate surface area is 226 Å². The van der Waals surface area contributed by atoms with Crippen LogP contribution in [0.4, 0.5) is 0 Å². The number of benzene rings is 2. The molecule has 2 aromatic rings. The molecule has 0 saturated heterocycles. The summed E-state index contributed by atoms with van der Waals surface area (Å²) in [5.74, 6) is 1.28. The maximum absolute atomic E-state index is 13.2. The van der Waals surface area contributed by atoms with Gasteiger partial charge in [0.05, 0.1) is 10.2 Å². The lowest BCUT2D eigenvalue weighted by molar-refractivity contribution is -0.117. The first-order valence-electron chi connectivity index (χ1n) is 12.8. The Morgan fingerprint density at radius 2 is 1.56 bits per heavy atom. The van der Waals surface area contributed by atoms with E-state index in [4.69, 9.17) is 9.47 Å². The van der Waals surface area contributed by atoms with Crippen LogP contribution in [0, 0.1) is 17.4 Å². The summed E-state index contributed by atoms with van der Waals surface area (Å²) in [5, 5.41) is 3.49. The number of dihydropyridines is 1. The molecule has 6 heteroatoms. The average molecular weight is 597 g/mol. The van der Waals surface area contributed by atoms with E-state index in [-0.39, 0.29) is 17.5 Å². The summed E-state index contributed by atoms with van der Waals surface area (Å²) in [6.07, 6.45) is 4.44. The summed E-state index contributed by atoms with van der Waals surface area (Å²) < 4.78 is 13.3. The normalized spacial score (nSPS) is 18.1. The van der Waals surface area contributed by atoms with Crippen LogP contribution in [0.2, 0.25) is 0 Å². The fraction of sp³-hybridized carbons (Fsp3) is 0.400. The number of ketones is 2. The van der Waals surface area contributed by atoms with Gasteiger partial charge in [0.15, 0.2) is 23.1 Å². The third-order valence-electron chi connectivity index (χ3n) is 7.41. The van der Waals surface area contributed by atoms with Gasteiger partial charge in [-0.2, -0.15) is 0 Å². The van der Waals surface area contributed by atoms with E-state index in [1.54, 1.807) is 0 Å². The maximum Gasteiger partial charge on any atom is 0.174 e. The predicted molar refractivity (Wildman–Crippen MR) is 148 cm³/mol. The van der Waals surface area contributed by atoms with E-state index in [0.717, 1.165) is 62.9 Å². The van der Waals surface area contributed by atoms with E-state index in [9.17, 15) is 9.59 Å². The van der Waals surface area contributed by atoms with Crippen molar-refractivity contribution in [2.24, 2.45) is 0 Å². The molecule has 5 nitrogen and oxygen atoms in total. The average Bonchev–Trinajstić information content (AvgIpc) is 2.85. The van der Waals surface area contributed by atoms with E-state index in [2.05, 4.69) is 66.0 Å². The van der Waals surface area contributed by atoms with E-state index in [1.807, 2.05) is 13.0 Å².